The van der Waals surface area contributed by atoms with Crippen LogP contribution in [0, 0.1) is 4.91 Å². The summed E-state index contributed by atoms with van der Waals surface area (Å²) < 4.78 is 0. The molecule has 0 aliphatic carbocycles. The van der Waals surface area contributed by atoms with Crippen molar-refractivity contribution in [2.24, 2.45) is 5.34 Å². The molecule has 0 aromatic carbocycles. The molecule has 0 aromatic rings. The number of rotatable bonds is 16. The third kappa shape index (κ3) is 33.7. The van der Waals surface area contributed by atoms with E-state index in [0.717, 1.165) is 12.8 Å². The molecule has 0 saturated heterocycles. The maximum absolute atomic E-state index is 10.3. The first-order chi connectivity index (χ1) is 11.2. The summed E-state index contributed by atoms with van der Waals surface area (Å²) >= 11 is 0. The molecular formula is C18H39CaNO4. The quantitative estimate of drug-likeness (QED) is 0.160. The van der Waals surface area contributed by atoms with Gasteiger partial charge in [-0.1, -0.05) is 96.8 Å². The second-order valence-corrected chi connectivity index (χ2v) is 6.18. The minimum atomic E-state index is -0.653. The van der Waals surface area contributed by atoms with Crippen LogP contribution in [0.1, 0.15) is 110 Å². The molecule has 0 amide bonds. The van der Waals surface area contributed by atoms with E-state index in [1.54, 1.807) is 0 Å². The summed E-state index contributed by atoms with van der Waals surface area (Å²) in [5, 5.41) is 16.4. The number of nitrogens with zero attached hydrogens (tertiary/aromatic N) is 1. The van der Waals surface area contributed by atoms with Crippen molar-refractivity contribution in [2.75, 3.05) is 0 Å². The van der Waals surface area contributed by atoms with Crippen molar-refractivity contribution in [3.8, 4) is 0 Å². The molecule has 0 saturated carbocycles. The fourth-order valence-corrected chi connectivity index (χ4v) is 2.65. The van der Waals surface area contributed by atoms with E-state index in [1.165, 1.54) is 88.8 Å². The Hall–Kier alpha value is 0.130. The monoisotopic (exact) mass is 373 g/mol. The van der Waals surface area contributed by atoms with Crippen molar-refractivity contribution in [3.63, 3.8) is 0 Å². The molecule has 5 nitrogen and oxygen atoms in total. The SMILES string of the molecule is CCCCCCCCCCCCCCCCCC(=O)O.O=NO.[CaH2]. The van der Waals surface area contributed by atoms with Gasteiger partial charge in [0.25, 0.3) is 0 Å². The number of hydrogen-bond acceptors (Lipinski definition) is 3. The topological polar surface area (TPSA) is 87.0 Å². The summed E-state index contributed by atoms with van der Waals surface area (Å²) in [7, 11) is 0. The van der Waals surface area contributed by atoms with E-state index in [9.17, 15) is 4.79 Å². The number of carboxylic acid groups (broad SMARTS) is 1. The van der Waals surface area contributed by atoms with Gasteiger partial charge in [-0.05, 0) is 6.42 Å². The van der Waals surface area contributed by atoms with Crippen LogP contribution in [0.5, 0.6) is 0 Å². The van der Waals surface area contributed by atoms with E-state index < -0.39 is 5.97 Å². The van der Waals surface area contributed by atoms with E-state index in [-0.39, 0.29) is 37.7 Å². The molecule has 0 spiro atoms. The molecule has 0 aromatic heterocycles. The van der Waals surface area contributed by atoms with Crippen molar-refractivity contribution in [1.29, 1.82) is 0 Å². The molecule has 0 radical (unpaired) electrons. The molecule has 0 rings (SSSR count). The Bertz CT molecular complexity index is 253. The van der Waals surface area contributed by atoms with Gasteiger partial charge in [0, 0.05) is 6.42 Å². The standard InChI is InChI=1S/C18H36O2.Ca.HNO2.2H/c1-2-3-4-5-6-7-8-9-10-11-12-13-14-15-16-17-18(19)20;;2-1-3;;/h2-17H2,1H3,(H,19,20);;(H,2,3);;. The van der Waals surface area contributed by atoms with Gasteiger partial charge in [-0.2, -0.15) is 0 Å². The fraction of sp³-hybridized carbons (Fsp3) is 0.944. The van der Waals surface area contributed by atoms with E-state index in [0.29, 0.717) is 6.42 Å². The molecule has 0 unspecified atom stereocenters. The molecule has 6 heteroatoms. The van der Waals surface area contributed by atoms with Crippen molar-refractivity contribution in [1.82, 2.24) is 0 Å². The average Bonchev–Trinajstić information content (AvgIpc) is 2.51. The molecule has 0 heterocycles. The van der Waals surface area contributed by atoms with E-state index >= 15 is 0 Å². The third-order valence-electron chi connectivity index (χ3n) is 3.99. The van der Waals surface area contributed by atoms with Gasteiger partial charge in [-0.3, -0.25) is 4.79 Å². The Morgan fingerprint density at radius 1 is 0.708 bits per heavy atom. The van der Waals surface area contributed by atoms with Gasteiger partial charge in [0.05, 0.1) is 0 Å². The van der Waals surface area contributed by atoms with Crippen LogP contribution in [0.2, 0.25) is 0 Å². The summed E-state index contributed by atoms with van der Waals surface area (Å²) in [4.78, 5) is 18.4. The molecule has 0 fully saturated rings. The molecule has 0 atom stereocenters. The number of hydrogen-bond donors (Lipinski definition) is 2. The van der Waals surface area contributed by atoms with Crippen molar-refractivity contribution >= 4 is 43.7 Å². The van der Waals surface area contributed by atoms with E-state index in [1.807, 2.05) is 0 Å². The summed E-state index contributed by atoms with van der Waals surface area (Å²) in [6.45, 7) is 2.27. The zero-order valence-electron chi connectivity index (χ0n) is 15.0. The summed E-state index contributed by atoms with van der Waals surface area (Å²) in [5.41, 5.74) is 0. The van der Waals surface area contributed by atoms with Crippen LogP contribution in [0.3, 0.4) is 0 Å². The van der Waals surface area contributed by atoms with Gasteiger partial charge in [-0.25, -0.2) is 0 Å². The van der Waals surface area contributed by atoms with Crippen LogP contribution in [0.4, 0.5) is 0 Å². The van der Waals surface area contributed by atoms with Crippen LogP contribution in [-0.4, -0.2) is 54.0 Å². The zero-order chi connectivity index (χ0) is 17.6. The normalized spacial score (nSPS) is 9.54. The summed E-state index contributed by atoms with van der Waals surface area (Å²) in [5.74, 6) is -0.653. The third-order valence-corrected chi connectivity index (χ3v) is 3.99. The Morgan fingerprint density at radius 2 is 0.958 bits per heavy atom. The first-order valence-electron chi connectivity index (χ1n) is 9.37. The first-order valence-corrected chi connectivity index (χ1v) is 9.37. The minimum absolute atomic E-state index is 0. The number of carboxylic acids is 1. The van der Waals surface area contributed by atoms with Crippen LogP contribution in [-0.2, 0) is 4.79 Å². The fourth-order valence-electron chi connectivity index (χ4n) is 2.65. The number of carbonyl (C=O) groups is 1. The molecule has 0 bridgehead atoms. The van der Waals surface area contributed by atoms with Crippen LogP contribution in [0.25, 0.3) is 0 Å². The maximum atomic E-state index is 10.3. The van der Waals surface area contributed by atoms with Gasteiger partial charge in [-0.15, -0.1) is 4.91 Å². The van der Waals surface area contributed by atoms with Crippen LogP contribution >= 0.6 is 0 Å². The summed E-state index contributed by atoms with van der Waals surface area (Å²) in [6, 6.07) is 0. The van der Waals surface area contributed by atoms with E-state index in [2.05, 4.69) is 6.92 Å². The molecule has 2 N–H and O–H groups in total. The molecule has 142 valence electrons. The predicted octanol–water partition coefficient (Wildman–Crippen LogP) is 5.56. The number of aliphatic carboxylic acids is 1. The van der Waals surface area contributed by atoms with Crippen molar-refractivity contribution < 1.29 is 15.1 Å². The van der Waals surface area contributed by atoms with E-state index in [4.69, 9.17) is 15.2 Å². The Balaban J connectivity index is -0.00000102. The second-order valence-electron chi connectivity index (χ2n) is 6.18. The number of unbranched alkanes of at least 4 members (excludes halogenated alkanes) is 14. The van der Waals surface area contributed by atoms with Crippen LogP contribution in [0.15, 0.2) is 5.34 Å². The summed E-state index contributed by atoms with van der Waals surface area (Å²) in [6.07, 6.45) is 20.2. The Labute approximate surface area is 177 Å². The van der Waals surface area contributed by atoms with Gasteiger partial charge in [0.2, 0.25) is 0 Å². The van der Waals surface area contributed by atoms with Crippen molar-refractivity contribution in [2.45, 2.75) is 110 Å². The van der Waals surface area contributed by atoms with Crippen LogP contribution < -0.4 is 0 Å². The molecule has 0 aliphatic rings. The zero-order valence-corrected chi connectivity index (χ0v) is 15.0. The van der Waals surface area contributed by atoms with Gasteiger partial charge in [0.15, 0.2) is 5.34 Å². The first kappa shape index (κ1) is 28.9. The molecule has 24 heavy (non-hydrogen) atoms. The molecular weight excluding hydrogens is 334 g/mol. The van der Waals surface area contributed by atoms with Gasteiger partial charge in [0.1, 0.15) is 0 Å². The Kier molecular flexibility index (Phi) is 33.7. The predicted molar refractivity (Wildman–Crippen MR) is 103 cm³/mol. The molecule has 0 aliphatic heterocycles. The van der Waals surface area contributed by atoms with Crippen molar-refractivity contribution in [3.05, 3.63) is 4.91 Å². The average molecular weight is 374 g/mol. The Morgan fingerprint density at radius 3 is 1.21 bits per heavy atom. The second kappa shape index (κ2) is 28.0. The van der Waals surface area contributed by atoms with Gasteiger partial charge >= 0.3 is 43.7 Å². The van der Waals surface area contributed by atoms with Gasteiger partial charge < -0.3 is 10.3 Å².